The van der Waals surface area contributed by atoms with Crippen molar-refractivity contribution in [3.63, 3.8) is 0 Å². The van der Waals surface area contributed by atoms with Crippen LogP contribution in [0.2, 0.25) is 5.02 Å². The maximum Gasteiger partial charge on any atom is 0.272 e. The number of hydrogen-bond donors (Lipinski definition) is 2. The quantitative estimate of drug-likeness (QED) is 0.598. The van der Waals surface area contributed by atoms with Crippen LogP contribution < -0.4 is 10.6 Å². The minimum Gasteiger partial charge on any atom is -0.321 e. The number of benzene rings is 3. The van der Waals surface area contributed by atoms with E-state index in [2.05, 4.69) is 10.6 Å². The lowest BCUT2D eigenvalue weighted by atomic mass is 10.1. The van der Waals surface area contributed by atoms with Gasteiger partial charge in [0.25, 0.3) is 11.8 Å². The molecule has 2 amide bonds. The van der Waals surface area contributed by atoms with Gasteiger partial charge in [0.15, 0.2) is 0 Å². The van der Waals surface area contributed by atoms with Crippen LogP contribution in [0.25, 0.3) is 6.08 Å². The van der Waals surface area contributed by atoms with E-state index >= 15 is 0 Å². The lowest BCUT2D eigenvalue weighted by Crippen LogP contribution is -2.30. The predicted octanol–water partition coefficient (Wildman–Crippen LogP) is 5.06. The Balaban J connectivity index is 1.87. The van der Waals surface area contributed by atoms with Crippen LogP contribution in [0.5, 0.6) is 0 Å². The zero-order valence-electron chi connectivity index (χ0n) is 15.3. The smallest absolute Gasteiger partial charge is 0.272 e. The monoisotopic (exact) mass is 390 g/mol. The van der Waals surface area contributed by atoms with Gasteiger partial charge in [-0.05, 0) is 48.4 Å². The van der Waals surface area contributed by atoms with E-state index in [9.17, 15) is 9.59 Å². The van der Waals surface area contributed by atoms with Crippen molar-refractivity contribution in [1.82, 2.24) is 5.32 Å². The number of amides is 2. The molecule has 2 N–H and O–H groups in total. The summed E-state index contributed by atoms with van der Waals surface area (Å²) in [5.74, 6) is -0.798. The van der Waals surface area contributed by atoms with Gasteiger partial charge in [-0.15, -0.1) is 0 Å². The minimum atomic E-state index is -0.437. The SMILES string of the molecule is Cc1ccc(NC(=O)C(=Cc2ccccc2)NC(=O)c2ccccc2)cc1Cl. The molecule has 3 rings (SSSR count). The molecule has 140 valence electrons. The van der Waals surface area contributed by atoms with Gasteiger partial charge in [0.1, 0.15) is 5.70 Å². The molecule has 0 saturated heterocycles. The number of anilines is 1. The van der Waals surface area contributed by atoms with E-state index in [4.69, 9.17) is 11.6 Å². The zero-order chi connectivity index (χ0) is 19.9. The second-order valence-electron chi connectivity index (χ2n) is 6.21. The van der Waals surface area contributed by atoms with Crippen LogP contribution in [0, 0.1) is 6.92 Å². The summed E-state index contributed by atoms with van der Waals surface area (Å²) in [6, 6.07) is 23.3. The van der Waals surface area contributed by atoms with Crippen LogP contribution in [0.15, 0.2) is 84.6 Å². The van der Waals surface area contributed by atoms with Crippen molar-refractivity contribution in [3.05, 3.63) is 106 Å². The van der Waals surface area contributed by atoms with E-state index in [1.165, 1.54) is 0 Å². The molecule has 0 heterocycles. The van der Waals surface area contributed by atoms with Gasteiger partial charge in [-0.2, -0.15) is 0 Å². The number of hydrogen-bond acceptors (Lipinski definition) is 2. The van der Waals surface area contributed by atoms with Gasteiger partial charge in [0.2, 0.25) is 0 Å². The van der Waals surface area contributed by atoms with E-state index in [1.54, 1.807) is 42.5 Å². The van der Waals surface area contributed by atoms with Gasteiger partial charge in [-0.25, -0.2) is 0 Å². The van der Waals surface area contributed by atoms with Crippen molar-refractivity contribution >= 4 is 35.2 Å². The summed E-state index contributed by atoms with van der Waals surface area (Å²) in [5.41, 5.74) is 2.86. The van der Waals surface area contributed by atoms with Crippen molar-refractivity contribution in [2.24, 2.45) is 0 Å². The van der Waals surface area contributed by atoms with Gasteiger partial charge in [-0.1, -0.05) is 66.2 Å². The summed E-state index contributed by atoms with van der Waals surface area (Å²) < 4.78 is 0. The van der Waals surface area contributed by atoms with Crippen molar-refractivity contribution in [2.75, 3.05) is 5.32 Å². The molecule has 0 bridgehead atoms. The van der Waals surface area contributed by atoms with Gasteiger partial charge in [0.05, 0.1) is 0 Å². The molecular weight excluding hydrogens is 372 g/mol. The maximum atomic E-state index is 12.8. The third kappa shape index (κ3) is 5.09. The van der Waals surface area contributed by atoms with Crippen LogP contribution in [0.3, 0.4) is 0 Å². The fourth-order valence-electron chi connectivity index (χ4n) is 2.53. The van der Waals surface area contributed by atoms with E-state index in [-0.39, 0.29) is 11.6 Å². The number of aryl methyl sites for hydroxylation is 1. The average Bonchev–Trinajstić information content (AvgIpc) is 2.71. The molecule has 0 saturated carbocycles. The highest BCUT2D eigenvalue weighted by Crippen LogP contribution is 2.20. The third-order valence-electron chi connectivity index (χ3n) is 4.07. The zero-order valence-corrected chi connectivity index (χ0v) is 16.0. The first-order chi connectivity index (χ1) is 13.5. The molecule has 0 fully saturated rings. The second kappa shape index (κ2) is 9.02. The number of carbonyl (C=O) groups is 2. The van der Waals surface area contributed by atoms with Crippen LogP contribution >= 0.6 is 11.6 Å². The predicted molar refractivity (Wildman–Crippen MR) is 113 cm³/mol. The van der Waals surface area contributed by atoms with E-state index in [0.717, 1.165) is 11.1 Å². The normalized spacial score (nSPS) is 11.0. The first-order valence-corrected chi connectivity index (χ1v) is 9.11. The maximum absolute atomic E-state index is 12.8. The molecule has 0 radical (unpaired) electrons. The lowest BCUT2D eigenvalue weighted by molar-refractivity contribution is -0.113. The molecule has 4 nitrogen and oxygen atoms in total. The van der Waals surface area contributed by atoms with Crippen LogP contribution in [0.4, 0.5) is 5.69 Å². The van der Waals surface area contributed by atoms with E-state index in [1.807, 2.05) is 49.4 Å². The van der Waals surface area contributed by atoms with E-state index < -0.39 is 5.91 Å². The molecule has 3 aromatic carbocycles. The lowest BCUT2D eigenvalue weighted by Gasteiger charge is -2.12. The van der Waals surface area contributed by atoms with Crippen LogP contribution in [-0.4, -0.2) is 11.8 Å². The van der Waals surface area contributed by atoms with Gasteiger partial charge in [-0.3, -0.25) is 9.59 Å². The van der Waals surface area contributed by atoms with Gasteiger partial charge in [0, 0.05) is 16.3 Å². The molecule has 0 aliphatic rings. The molecule has 0 atom stereocenters. The summed E-state index contributed by atoms with van der Waals surface area (Å²) in [5, 5.41) is 6.04. The summed E-state index contributed by atoms with van der Waals surface area (Å²) in [6.07, 6.45) is 1.63. The van der Waals surface area contributed by atoms with Crippen molar-refractivity contribution in [2.45, 2.75) is 6.92 Å². The topological polar surface area (TPSA) is 58.2 Å². The Morgan fingerprint density at radius 2 is 1.54 bits per heavy atom. The Morgan fingerprint density at radius 1 is 0.893 bits per heavy atom. The van der Waals surface area contributed by atoms with Crippen molar-refractivity contribution < 1.29 is 9.59 Å². The van der Waals surface area contributed by atoms with Crippen molar-refractivity contribution in [3.8, 4) is 0 Å². The van der Waals surface area contributed by atoms with Gasteiger partial charge >= 0.3 is 0 Å². The largest absolute Gasteiger partial charge is 0.321 e. The fourth-order valence-corrected chi connectivity index (χ4v) is 2.71. The summed E-state index contributed by atoms with van der Waals surface area (Å²) in [6.45, 7) is 1.88. The molecule has 0 aromatic heterocycles. The Morgan fingerprint density at radius 3 is 2.18 bits per heavy atom. The number of rotatable bonds is 5. The first kappa shape index (κ1) is 19.4. The fraction of sp³-hybridized carbons (Fsp3) is 0.0435. The first-order valence-electron chi connectivity index (χ1n) is 8.73. The number of carbonyl (C=O) groups excluding carboxylic acids is 2. The number of halogens is 1. The molecule has 0 aliphatic carbocycles. The molecular formula is C23H19ClN2O2. The summed E-state index contributed by atoms with van der Waals surface area (Å²) >= 11 is 6.14. The second-order valence-corrected chi connectivity index (χ2v) is 6.61. The van der Waals surface area contributed by atoms with Crippen molar-refractivity contribution in [1.29, 1.82) is 0 Å². The summed E-state index contributed by atoms with van der Waals surface area (Å²) in [4.78, 5) is 25.4. The standard InChI is InChI=1S/C23H19ClN2O2/c1-16-12-13-19(15-20(16)24)25-23(28)21(14-17-8-4-2-5-9-17)26-22(27)18-10-6-3-7-11-18/h2-15H,1H3,(H,25,28)(H,26,27). The Labute approximate surface area is 168 Å². The highest BCUT2D eigenvalue weighted by Gasteiger charge is 2.15. The minimum absolute atomic E-state index is 0.136. The van der Waals surface area contributed by atoms with Gasteiger partial charge < -0.3 is 10.6 Å². The molecule has 3 aromatic rings. The molecule has 28 heavy (non-hydrogen) atoms. The Kier molecular flexibility index (Phi) is 6.25. The molecule has 0 unspecified atom stereocenters. The molecule has 0 spiro atoms. The average molecular weight is 391 g/mol. The summed E-state index contributed by atoms with van der Waals surface area (Å²) in [7, 11) is 0. The third-order valence-corrected chi connectivity index (χ3v) is 4.48. The number of nitrogens with one attached hydrogen (secondary N) is 2. The molecule has 5 heteroatoms. The van der Waals surface area contributed by atoms with Crippen LogP contribution in [-0.2, 0) is 4.79 Å². The molecule has 0 aliphatic heterocycles. The Bertz CT molecular complexity index is 1020. The van der Waals surface area contributed by atoms with Crippen LogP contribution in [0.1, 0.15) is 21.5 Å². The highest BCUT2D eigenvalue weighted by molar-refractivity contribution is 6.31. The van der Waals surface area contributed by atoms with E-state index in [0.29, 0.717) is 16.3 Å². The highest BCUT2D eigenvalue weighted by atomic mass is 35.5. The Hall–Kier alpha value is -3.37.